The lowest BCUT2D eigenvalue weighted by Crippen LogP contribution is -2.15. The highest BCUT2D eigenvalue weighted by molar-refractivity contribution is 8.00. The fraction of sp³-hybridized carbons (Fsp3) is 0.118. The van der Waals surface area contributed by atoms with E-state index in [9.17, 15) is 13.2 Å². The number of hydrogen-bond acceptors (Lipinski definition) is 5. The maximum atomic E-state index is 14.0. The number of hydrogen-bond donors (Lipinski definition) is 0. The van der Waals surface area contributed by atoms with Gasteiger partial charge >= 0.3 is 0 Å². The lowest BCUT2D eigenvalue weighted by atomic mass is 10.2. The molecule has 0 atom stereocenters. The van der Waals surface area contributed by atoms with Crippen molar-refractivity contribution >= 4 is 29.1 Å². The van der Waals surface area contributed by atoms with Gasteiger partial charge in [0, 0.05) is 17.5 Å². The van der Waals surface area contributed by atoms with Crippen LogP contribution < -0.4 is 9.04 Å². The molecule has 0 bridgehead atoms. The van der Waals surface area contributed by atoms with Gasteiger partial charge in [-0.05, 0) is 29.6 Å². The van der Waals surface area contributed by atoms with Crippen LogP contribution in [-0.2, 0) is 6.54 Å². The Bertz CT molecular complexity index is 819. The molecule has 0 saturated carbocycles. The Labute approximate surface area is 151 Å². The maximum Gasteiger partial charge on any atom is 0.150 e. The van der Waals surface area contributed by atoms with Crippen LogP contribution in [0.3, 0.4) is 0 Å². The van der Waals surface area contributed by atoms with Crippen molar-refractivity contribution in [2.24, 2.45) is 0 Å². The summed E-state index contributed by atoms with van der Waals surface area (Å²) in [5, 5.41) is 1.77. The van der Waals surface area contributed by atoms with Crippen LogP contribution in [0, 0.1) is 17.5 Å². The van der Waals surface area contributed by atoms with Gasteiger partial charge in [0.05, 0.1) is 19.2 Å². The minimum atomic E-state index is -0.949. The molecule has 1 heterocycles. The van der Waals surface area contributed by atoms with E-state index in [1.54, 1.807) is 34.4 Å². The Balaban J connectivity index is 1.88. The first kappa shape index (κ1) is 17.6. The number of benzene rings is 2. The third-order valence-electron chi connectivity index (χ3n) is 3.32. The van der Waals surface area contributed by atoms with Crippen molar-refractivity contribution in [3.63, 3.8) is 0 Å². The number of rotatable bonds is 6. The first-order valence-electron chi connectivity index (χ1n) is 7.18. The number of aromatic nitrogens is 1. The fourth-order valence-corrected chi connectivity index (χ4v) is 3.64. The number of anilines is 1. The van der Waals surface area contributed by atoms with Gasteiger partial charge in [-0.15, -0.1) is 11.3 Å². The molecule has 25 heavy (non-hydrogen) atoms. The van der Waals surface area contributed by atoms with Crippen LogP contribution in [0.5, 0.6) is 5.75 Å². The molecule has 0 aliphatic carbocycles. The van der Waals surface area contributed by atoms with Crippen molar-refractivity contribution in [1.29, 1.82) is 0 Å². The molecule has 130 valence electrons. The predicted octanol–water partition coefficient (Wildman–Crippen LogP) is 5.28. The van der Waals surface area contributed by atoms with E-state index < -0.39 is 17.5 Å². The smallest absolute Gasteiger partial charge is 0.150 e. The highest BCUT2D eigenvalue weighted by Gasteiger charge is 2.19. The Morgan fingerprint density at radius 1 is 1.12 bits per heavy atom. The Morgan fingerprint density at radius 3 is 2.36 bits per heavy atom. The molecule has 1 aromatic heterocycles. The lowest BCUT2D eigenvalue weighted by Gasteiger charge is -2.21. The molecule has 0 radical (unpaired) electrons. The summed E-state index contributed by atoms with van der Waals surface area (Å²) in [6.45, 7) is 0.356. The summed E-state index contributed by atoms with van der Waals surface area (Å²) in [6.07, 6.45) is 0. The lowest BCUT2D eigenvalue weighted by molar-refractivity contribution is 0.414. The zero-order valence-electron chi connectivity index (χ0n) is 13.1. The molecule has 2 aromatic carbocycles. The molecule has 0 fully saturated rings. The van der Waals surface area contributed by atoms with E-state index in [4.69, 9.17) is 4.74 Å². The molecule has 0 spiro atoms. The summed E-state index contributed by atoms with van der Waals surface area (Å²) < 4.78 is 47.9. The van der Waals surface area contributed by atoms with Gasteiger partial charge in [-0.1, -0.05) is 12.1 Å². The minimum absolute atomic E-state index is 0.275. The van der Waals surface area contributed by atoms with Crippen molar-refractivity contribution in [3.05, 3.63) is 70.3 Å². The van der Waals surface area contributed by atoms with Crippen LogP contribution in [0.2, 0.25) is 0 Å². The number of halogens is 3. The molecular formula is C17H13F3N2OS2. The van der Waals surface area contributed by atoms with Crippen molar-refractivity contribution in [2.75, 3.05) is 11.4 Å². The average Bonchev–Trinajstić information content (AvgIpc) is 3.12. The van der Waals surface area contributed by atoms with Crippen molar-refractivity contribution in [3.8, 4) is 5.75 Å². The Hall–Kier alpha value is -2.19. The molecule has 0 unspecified atom stereocenters. The summed E-state index contributed by atoms with van der Waals surface area (Å²) >= 11 is 2.22. The monoisotopic (exact) mass is 382 g/mol. The molecule has 0 N–H and O–H groups in total. The van der Waals surface area contributed by atoms with Crippen LogP contribution in [0.4, 0.5) is 19.0 Å². The summed E-state index contributed by atoms with van der Waals surface area (Å²) in [5.41, 5.74) is 2.54. The summed E-state index contributed by atoms with van der Waals surface area (Å²) in [5.74, 6) is -1.56. The maximum absolute atomic E-state index is 14.0. The van der Waals surface area contributed by atoms with Crippen LogP contribution >= 0.6 is 23.3 Å². The van der Waals surface area contributed by atoms with E-state index >= 15 is 0 Å². The molecule has 3 nitrogen and oxygen atoms in total. The number of methoxy groups -OCH3 is 1. The zero-order chi connectivity index (χ0) is 17.8. The van der Waals surface area contributed by atoms with Gasteiger partial charge in [0.2, 0.25) is 0 Å². The summed E-state index contributed by atoms with van der Waals surface area (Å²) in [7, 11) is 1.58. The van der Waals surface area contributed by atoms with Gasteiger partial charge in [-0.2, -0.15) is 0 Å². The van der Waals surface area contributed by atoms with Gasteiger partial charge < -0.3 is 4.74 Å². The van der Waals surface area contributed by atoms with Gasteiger partial charge in [-0.3, -0.25) is 4.31 Å². The quantitative estimate of drug-likeness (QED) is 0.542. The van der Waals surface area contributed by atoms with E-state index in [1.165, 1.54) is 11.3 Å². The SMILES string of the molecule is COc1ccc(CN(Sc2c(F)cc(F)cc2F)c2cscn2)cc1. The highest BCUT2D eigenvalue weighted by Crippen LogP contribution is 2.34. The summed E-state index contributed by atoms with van der Waals surface area (Å²) in [4.78, 5) is 3.92. The topological polar surface area (TPSA) is 25.4 Å². The van der Waals surface area contributed by atoms with Gasteiger partial charge in [0.25, 0.3) is 0 Å². The predicted molar refractivity (Wildman–Crippen MR) is 93.5 cm³/mol. The van der Waals surface area contributed by atoms with Gasteiger partial charge in [-0.25, -0.2) is 18.2 Å². The zero-order valence-corrected chi connectivity index (χ0v) is 14.7. The first-order chi connectivity index (χ1) is 12.1. The van der Waals surface area contributed by atoms with E-state index in [-0.39, 0.29) is 4.90 Å². The van der Waals surface area contributed by atoms with E-state index in [1.807, 2.05) is 12.1 Å². The third kappa shape index (κ3) is 4.26. The molecule has 0 aliphatic heterocycles. The van der Waals surface area contributed by atoms with Crippen LogP contribution in [0.25, 0.3) is 0 Å². The summed E-state index contributed by atoms with van der Waals surface area (Å²) in [6, 6.07) is 8.65. The van der Waals surface area contributed by atoms with Crippen LogP contribution in [0.15, 0.2) is 52.2 Å². The molecule has 0 amide bonds. The van der Waals surface area contributed by atoms with E-state index in [0.717, 1.165) is 17.5 Å². The second-order valence-electron chi connectivity index (χ2n) is 5.02. The largest absolute Gasteiger partial charge is 0.497 e. The number of nitrogens with zero attached hydrogens (tertiary/aromatic N) is 2. The van der Waals surface area contributed by atoms with Crippen molar-refractivity contribution in [1.82, 2.24) is 4.98 Å². The molecule has 0 aliphatic rings. The van der Waals surface area contributed by atoms with Crippen LogP contribution in [-0.4, -0.2) is 12.1 Å². The van der Waals surface area contributed by atoms with Crippen LogP contribution in [0.1, 0.15) is 5.56 Å². The average molecular weight is 382 g/mol. The second-order valence-corrected chi connectivity index (χ2v) is 6.77. The first-order valence-corrected chi connectivity index (χ1v) is 8.89. The van der Waals surface area contributed by atoms with Crippen molar-refractivity contribution < 1.29 is 17.9 Å². The van der Waals surface area contributed by atoms with E-state index in [0.29, 0.717) is 30.2 Å². The Kier molecular flexibility index (Phi) is 5.50. The molecular weight excluding hydrogens is 369 g/mol. The molecule has 0 saturated heterocycles. The van der Waals surface area contributed by atoms with E-state index in [2.05, 4.69) is 4.98 Å². The highest BCUT2D eigenvalue weighted by atomic mass is 32.2. The minimum Gasteiger partial charge on any atom is -0.497 e. The fourth-order valence-electron chi connectivity index (χ4n) is 2.11. The number of thiazole rings is 1. The second kappa shape index (κ2) is 7.79. The van der Waals surface area contributed by atoms with Gasteiger partial charge in [0.15, 0.2) is 0 Å². The third-order valence-corrected chi connectivity index (χ3v) is 5.01. The van der Waals surface area contributed by atoms with Gasteiger partial charge in [0.1, 0.15) is 33.9 Å². The standard InChI is InChI=1S/C17H13F3N2OS2/c1-23-13-4-2-11(3-5-13)8-22(16-9-24-10-21-16)25-17-14(19)6-12(18)7-15(17)20/h2-7,9-10H,8H2,1H3. The molecule has 8 heteroatoms. The number of ether oxygens (including phenoxy) is 1. The Morgan fingerprint density at radius 2 is 1.80 bits per heavy atom. The normalized spacial score (nSPS) is 10.7. The molecule has 3 rings (SSSR count). The molecule has 3 aromatic rings. The van der Waals surface area contributed by atoms with Crippen molar-refractivity contribution in [2.45, 2.75) is 11.4 Å².